The highest BCUT2D eigenvalue weighted by atomic mass is 127. The zero-order valence-corrected chi connectivity index (χ0v) is 17.4. The summed E-state index contributed by atoms with van der Waals surface area (Å²) in [5.74, 6) is 0.772. The van der Waals surface area contributed by atoms with Gasteiger partial charge in [-0.05, 0) is 13.3 Å². The molecule has 0 atom stereocenters. The summed E-state index contributed by atoms with van der Waals surface area (Å²) in [5.41, 5.74) is 0. The van der Waals surface area contributed by atoms with Crippen LogP contribution >= 0.6 is 35.3 Å². The van der Waals surface area contributed by atoms with Crippen molar-refractivity contribution in [3.8, 4) is 0 Å². The standard InChI is InChI=1S/C15H28N4O2S.HI/c1-4-5-7-20-9-10-21-8-6-17-15(16-3)19-12-14-11-18-13(2)22-14;/h11H,4-10,12H2,1-3H3,(H2,16,17,19);1H. The first-order chi connectivity index (χ1) is 10.8. The highest BCUT2D eigenvalue weighted by Crippen LogP contribution is 2.10. The van der Waals surface area contributed by atoms with Crippen LogP contribution in [0.3, 0.4) is 0 Å². The molecule has 0 aliphatic rings. The Labute approximate surface area is 160 Å². The van der Waals surface area contributed by atoms with E-state index in [-0.39, 0.29) is 24.0 Å². The number of hydrogen-bond acceptors (Lipinski definition) is 5. The predicted molar refractivity (Wildman–Crippen MR) is 107 cm³/mol. The van der Waals surface area contributed by atoms with Crippen molar-refractivity contribution in [2.24, 2.45) is 4.99 Å². The lowest BCUT2D eigenvalue weighted by Gasteiger charge is -2.11. The van der Waals surface area contributed by atoms with Crippen LogP contribution in [0.1, 0.15) is 29.7 Å². The van der Waals surface area contributed by atoms with Crippen molar-refractivity contribution in [1.82, 2.24) is 15.6 Å². The minimum Gasteiger partial charge on any atom is -0.379 e. The molecule has 0 spiro atoms. The highest BCUT2D eigenvalue weighted by molar-refractivity contribution is 14.0. The minimum absolute atomic E-state index is 0. The van der Waals surface area contributed by atoms with Crippen LogP contribution in [-0.2, 0) is 16.0 Å². The van der Waals surface area contributed by atoms with Gasteiger partial charge < -0.3 is 20.1 Å². The molecule has 0 aliphatic heterocycles. The number of nitrogens with one attached hydrogen (secondary N) is 2. The molecule has 1 heterocycles. The van der Waals surface area contributed by atoms with Crippen LogP contribution in [-0.4, -0.2) is 51.0 Å². The van der Waals surface area contributed by atoms with E-state index in [9.17, 15) is 0 Å². The molecule has 0 amide bonds. The summed E-state index contributed by atoms with van der Waals surface area (Å²) in [7, 11) is 1.76. The Hall–Kier alpha value is -0.450. The number of unbranched alkanes of at least 4 members (excludes halogenated alkanes) is 1. The minimum atomic E-state index is 0. The van der Waals surface area contributed by atoms with Crippen LogP contribution in [0.4, 0.5) is 0 Å². The maximum atomic E-state index is 5.50. The van der Waals surface area contributed by atoms with E-state index >= 15 is 0 Å². The molecule has 23 heavy (non-hydrogen) atoms. The van der Waals surface area contributed by atoms with Gasteiger partial charge in [-0.3, -0.25) is 4.99 Å². The molecule has 0 radical (unpaired) electrons. The third-order valence-electron chi connectivity index (χ3n) is 2.88. The molecule has 1 rings (SSSR count). The van der Waals surface area contributed by atoms with Crippen molar-refractivity contribution in [1.29, 1.82) is 0 Å². The molecule has 0 saturated carbocycles. The first kappa shape index (κ1) is 22.6. The van der Waals surface area contributed by atoms with Crippen molar-refractivity contribution in [2.75, 3.05) is 40.0 Å². The van der Waals surface area contributed by atoms with E-state index in [0.29, 0.717) is 19.8 Å². The van der Waals surface area contributed by atoms with E-state index in [2.05, 4.69) is 27.5 Å². The second kappa shape index (κ2) is 15.1. The molecule has 1 aromatic rings. The third-order valence-corrected chi connectivity index (χ3v) is 3.79. The van der Waals surface area contributed by atoms with Gasteiger partial charge in [-0.1, -0.05) is 13.3 Å². The summed E-state index contributed by atoms with van der Waals surface area (Å²) in [4.78, 5) is 9.60. The third kappa shape index (κ3) is 11.7. The van der Waals surface area contributed by atoms with E-state index in [1.54, 1.807) is 18.4 Å². The van der Waals surface area contributed by atoms with E-state index in [1.165, 1.54) is 4.88 Å². The SMILES string of the molecule is CCCCOCCOCCNC(=NC)NCc1cnc(C)s1.I. The Morgan fingerprint density at radius 3 is 2.57 bits per heavy atom. The molecule has 8 heteroatoms. The second-order valence-corrected chi connectivity index (χ2v) is 6.10. The van der Waals surface area contributed by atoms with Crippen LogP contribution in [0.15, 0.2) is 11.2 Å². The first-order valence-electron chi connectivity index (χ1n) is 7.77. The van der Waals surface area contributed by atoms with Crippen molar-refractivity contribution in [3.05, 3.63) is 16.1 Å². The Bertz CT molecular complexity index is 429. The van der Waals surface area contributed by atoms with Crippen LogP contribution in [0.25, 0.3) is 0 Å². The quantitative estimate of drug-likeness (QED) is 0.232. The summed E-state index contributed by atoms with van der Waals surface area (Å²) in [5, 5.41) is 7.55. The van der Waals surface area contributed by atoms with Gasteiger partial charge >= 0.3 is 0 Å². The van der Waals surface area contributed by atoms with Gasteiger partial charge in [-0.15, -0.1) is 35.3 Å². The molecule has 134 valence electrons. The number of ether oxygens (including phenoxy) is 2. The van der Waals surface area contributed by atoms with Gasteiger partial charge in [0, 0.05) is 31.3 Å². The Balaban J connectivity index is 0.00000484. The number of thiazole rings is 1. The molecular formula is C15H29IN4O2S. The number of hydrogen-bond donors (Lipinski definition) is 2. The largest absolute Gasteiger partial charge is 0.379 e. The van der Waals surface area contributed by atoms with Crippen molar-refractivity contribution in [3.63, 3.8) is 0 Å². The fourth-order valence-corrected chi connectivity index (χ4v) is 2.42. The van der Waals surface area contributed by atoms with E-state index < -0.39 is 0 Å². The van der Waals surface area contributed by atoms with Gasteiger partial charge in [-0.25, -0.2) is 4.98 Å². The Kier molecular flexibility index (Phi) is 14.8. The lowest BCUT2D eigenvalue weighted by atomic mass is 10.4. The summed E-state index contributed by atoms with van der Waals surface area (Å²) in [6.07, 6.45) is 4.17. The van der Waals surface area contributed by atoms with Gasteiger partial charge in [0.25, 0.3) is 0 Å². The van der Waals surface area contributed by atoms with Crippen molar-refractivity contribution < 1.29 is 9.47 Å². The van der Waals surface area contributed by atoms with Crippen LogP contribution < -0.4 is 10.6 Å². The first-order valence-corrected chi connectivity index (χ1v) is 8.59. The van der Waals surface area contributed by atoms with Crippen LogP contribution in [0.5, 0.6) is 0 Å². The van der Waals surface area contributed by atoms with Crippen LogP contribution in [0.2, 0.25) is 0 Å². The molecule has 0 saturated heterocycles. The average molecular weight is 456 g/mol. The molecule has 6 nitrogen and oxygen atoms in total. The zero-order chi connectivity index (χ0) is 16.0. The zero-order valence-electron chi connectivity index (χ0n) is 14.3. The lowest BCUT2D eigenvalue weighted by molar-refractivity contribution is 0.0487. The maximum Gasteiger partial charge on any atom is 0.191 e. The number of aliphatic imine (C=N–C) groups is 1. The van der Waals surface area contributed by atoms with E-state index in [4.69, 9.17) is 9.47 Å². The molecule has 0 aliphatic carbocycles. The van der Waals surface area contributed by atoms with Gasteiger partial charge in [-0.2, -0.15) is 0 Å². The van der Waals surface area contributed by atoms with Crippen LogP contribution in [0, 0.1) is 6.92 Å². The van der Waals surface area contributed by atoms with E-state index in [0.717, 1.165) is 43.5 Å². The lowest BCUT2D eigenvalue weighted by Crippen LogP contribution is -2.38. The summed E-state index contributed by atoms with van der Waals surface area (Å²) >= 11 is 1.69. The number of nitrogens with zero attached hydrogens (tertiary/aromatic N) is 2. The molecular weight excluding hydrogens is 427 g/mol. The summed E-state index contributed by atoms with van der Waals surface area (Å²) in [6, 6.07) is 0. The summed E-state index contributed by atoms with van der Waals surface area (Å²) in [6.45, 7) is 8.37. The number of aryl methyl sites for hydroxylation is 1. The Morgan fingerprint density at radius 1 is 1.22 bits per heavy atom. The van der Waals surface area contributed by atoms with Crippen molar-refractivity contribution >= 4 is 41.3 Å². The molecule has 2 N–H and O–H groups in total. The van der Waals surface area contributed by atoms with Crippen molar-refractivity contribution in [2.45, 2.75) is 33.2 Å². The molecule has 0 bridgehead atoms. The molecule has 0 aromatic carbocycles. The molecule has 0 unspecified atom stereocenters. The number of aromatic nitrogens is 1. The average Bonchev–Trinajstić information content (AvgIpc) is 2.94. The summed E-state index contributed by atoms with van der Waals surface area (Å²) < 4.78 is 10.9. The number of rotatable bonds is 11. The number of halogens is 1. The monoisotopic (exact) mass is 456 g/mol. The van der Waals surface area contributed by atoms with Gasteiger partial charge in [0.15, 0.2) is 5.96 Å². The van der Waals surface area contributed by atoms with Gasteiger partial charge in [0.05, 0.1) is 31.4 Å². The predicted octanol–water partition coefficient (Wildman–Crippen LogP) is 2.57. The maximum absolute atomic E-state index is 5.50. The highest BCUT2D eigenvalue weighted by Gasteiger charge is 2.00. The fraction of sp³-hybridized carbons (Fsp3) is 0.733. The van der Waals surface area contributed by atoms with Gasteiger partial charge in [0.1, 0.15) is 0 Å². The second-order valence-electron chi connectivity index (χ2n) is 4.78. The topological polar surface area (TPSA) is 67.8 Å². The normalized spacial score (nSPS) is 11.2. The van der Waals surface area contributed by atoms with E-state index in [1.807, 2.05) is 13.1 Å². The Morgan fingerprint density at radius 2 is 1.96 bits per heavy atom. The number of guanidine groups is 1. The smallest absolute Gasteiger partial charge is 0.191 e. The molecule has 0 fully saturated rings. The molecule has 1 aromatic heterocycles. The fourth-order valence-electron chi connectivity index (χ4n) is 1.69. The van der Waals surface area contributed by atoms with Gasteiger partial charge in [0.2, 0.25) is 0 Å².